The lowest BCUT2D eigenvalue weighted by molar-refractivity contribution is 0.0305. The molecule has 0 bridgehead atoms. The monoisotopic (exact) mass is 531 g/mol. The van der Waals surface area contributed by atoms with Gasteiger partial charge in [0.15, 0.2) is 11.5 Å². The second-order valence-electron chi connectivity index (χ2n) is 8.90. The number of hydrogen-bond donors (Lipinski definition) is 1. The van der Waals surface area contributed by atoms with Crippen molar-refractivity contribution in [2.24, 2.45) is 0 Å². The Morgan fingerprint density at radius 1 is 0.865 bits per heavy atom. The van der Waals surface area contributed by atoms with Crippen LogP contribution in [0.1, 0.15) is 0 Å². The third kappa shape index (κ3) is 6.97. The van der Waals surface area contributed by atoms with Crippen LogP contribution in [0.3, 0.4) is 0 Å². The Morgan fingerprint density at radius 2 is 1.49 bits per heavy atom. The van der Waals surface area contributed by atoms with Crippen molar-refractivity contribution in [3.63, 3.8) is 0 Å². The van der Waals surface area contributed by atoms with Gasteiger partial charge >= 0.3 is 0 Å². The normalized spacial score (nSPS) is 17.1. The fourth-order valence-corrected chi connectivity index (χ4v) is 4.50. The van der Waals surface area contributed by atoms with E-state index in [1.54, 1.807) is 6.07 Å². The summed E-state index contributed by atoms with van der Waals surface area (Å²) in [5.74, 6) is 1.34. The van der Waals surface area contributed by atoms with Gasteiger partial charge in [0.2, 0.25) is 0 Å². The maximum absolute atomic E-state index is 13.6. The second-order valence-corrected chi connectivity index (χ2v) is 9.30. The lowest BCUT2D eigenvalue weighted by Gasteiger charge is -2.27. The maximum Gasteiger partial charge on any atom is 0.163 e. The van der Waals surface area contributed by atoms with Gasteiger partial charge in [0.25, 0.3) is 0 Å². The van der Waals surface area contributed by atoms with Crippen LogP contribution in [0.5, 0.6) is 11.5 Å². The third-order valence-corrected chi connectivity index (χ3v) is 6.71. The van der Waals surface area contributed by atoms with Crippen molar-refractivity contribution in [3.8, 4) is 11.5 Å². The van der Waals surface area contributed by atoms with Gasteiger partial charge in [0.1, 0.15) is 31.2 Å². The SMILES string of the molecule is Fc1ccc(Nc2ncnc3cc(OCCN4CCOCC4)c(OCCN4CCOCC4)cc23)cc1Cl. The number of hydrogen-bond acceptors (Lipinski definition) is 9. The number of rotatable bonds is 10. The van der Waals surface area contributed by atoms with Crippen LogP contribution >= 0.6 is 11.6 Å². The molecule has 0 amide bonds. The number of benzene rings is 2. The molecule has 2 saturated heterocycles. The number of ether oxygens (including phenoxy) is 4. The van der Waals surface area contributed by atoms with E-state index in [1.165, 1.54) is 18.5 Å². The predicted molar refractivity (Wildman–Crippen MR) is 140 cm³/mol. The average molecular weight is 532 g/mol. The van der Waals surface area contributed by atoms with Gasteiger partial charge in [0, 0.05) is 56.4 Å². The van der Waals surface area contributed by atoms with Gasteiger partial charge in [-0.15, -0.1) is 0 Å². The molecule has 2 fully saturated rings. The average Bonchev–Trinajstić information content (AvgIpc) is 2.92. The molecule has 0 spiro atoms. The van der Waals surface area contributed by atoms with Gasteiger partial charge in [-0.3, -0.25) is 9.80 Å². The van der Waals surface area contributed by atoms with Crippen molar-refractivity contribution < 1.29 is 23.3 Å². The molecular weight excluding hydrogens is 501 g/mol. The summed E-state index contributed by atoms with van der Waals surface area (Å²) in [4.78, 5) is 13.5. The first-order valence-corrected chi connectivity index (χ1v) is 12.9. The highest BCUT2D eigenvalue weighted by atomic mass is 35.5. The lowest BCUT2D eigenvalue weighted by atomic mass is 10.2. The van der Waals surface area contributed by atoms with E-state index in [0.29, 0.717) is 41.7 Å². The van der Waals surface area contributed by atoms with Gasteiger partial charge in [-0.2, -0.15) is 0 Å². The number of fused-ring (bicyclic) bond motifs is 1. The van der Waals surface area contributed by atoms with E-state index >= 15 is 0 Å². The number of morpholine rings is 2. The van der Waals surface area contributed by atoms with Gasteiger partial charge < -0.3 is 24.3 Å². The van der Waals surface area contributed by atoms with E-state index in [9.17, 15) is 4.39 Å². The summed E-state index contributed by atoms with van der Waals surface area (Å²) in [6.07, 6.45) is 1.48. The molecule has 1 aromatic heterocycles. The van der Waals surface area contributed by atoms with Crippen LogP contribution in [0.15, 0.2) is 36.7 Å². The molecule has 2 aliphatic heterocycles. The molecular formula is C26H31ClFN5O4. The molecule has 3 heterocycles. The predicted octanol–water partition coefficient (Wildman–Crippen LogP) is 3.59. The molecule has 2 aliphatic rings. The van der Waals surface area contributed by atoms with Crippen LogP contribution in [0.4, 0.5) is 15.9 Å². The highest BCUT2D eigenvalue weighted by Crippen LogP contribution is 2.35. The quantitative estimate of drug-likeness (QED) is 0.422. The first-order valence-electron chi connectivity index (χ1n) is 12.5. The van der Waals surface area contributed by atoms with Crippen molar-refractivity contribution in [3.05, 3.63) is 47.5 Å². The Balaban J connectivity index is 1.35. The van der Waals surface area contributed by atoms with Crippen LogP contribution in [-0.2, 0) is 9.47 Å². The van der Waals surface area contributed by atoms with Crippen molar-refractivity contribution in [2.45, 2.75) is 0 Å². The Hall–Kier alpha value is -2.76. The van der Waals surface area contributed by atoms with E-state index in [1.807, 2.05) is 12.1 Å². The molecule has 0 atom stereocenters. The van der Waals surface area contributed by atoms with E-state index in [4.69, 9.17) is 30.5 Å². The second kappa shape index (κ2) is 12.7. The topological polar surface area (TPSA) is 81.2 Å². The fourth-order valence-electron chi connectivity index (χ4n) is 4.32. The molecule has 2 aromatic carbocycles. The van der Waals surface area contributed by atoms with Crippen molar-refractivity contribution in [1.29, 1.82) is 0 Å². The smallest absolute Gasteiger partial charge is 0.163 e. The van der Waals surface area contributed by atoms with Crippen LogP contribution in [0, 0.1) is 5.82 Å². The molecule has 0 unspecified atom stereocenters. The van der Waals surface area contributed by atoms with Crippen LogP contribution in [0.25, 0.3) is 10.9 Å². The summed E-state index contributed by atoms with van der Waals surface area (Å²) in [5, 5.41) is 4.00. The lowest BCUT2D eigenvalue weighted by Crippen LogP contribution is -2.39. The molecule has 3 aromatic rings. The van der Waals surface area contributed by atoms with E-state index in [0.717, 1.165) is 71.1 Å². The first kappa shape index (κ1) is 25.9. The number of aromatic nitrogens is 2. The zero-order valence-corrected chi connectivity index (χ0v) is 21.4. The Bertz CT molecular complexity index is 1190. The molecule has 0 aliphatic carbocycles. The summed E-state index contributed by atoms with van der Waals surface area (Å²) in [7, 11) is 0. The summed E-state index contributed by atoms with van der Waals surface area (Å²) in [6.45, 7) is 9.20. The Kier molecular flexibility index (Phi) is 8.85. The number of halogens is 2. The van der Waals surface area contributed by atoms with Crippen molar-refractivity contribution in [1.82, 2.24) is 19.8 Å². The van der Waals surface area contributed by atoms with Gasteiger partial charge in [-0.05, 0) is 24.3 Å². The Labute approximate surface area is 220 Å². The van der Waals surface area contributed by atoms with E-state index < -0.39 is 5.82 Å². The zero-order chi connectivity index (χ0) is 25.5. The summed E-state index contributed by atoms with van der Waals surface area (Å²) in [6, 6.07) is 8.22. The molecule has 198 valence electrons. The highest BCUT2D eigenvalue weighted by molar-refractivity contribution is 6.31. The minimum Gasteiger partial charge on any atom is -0.488 e. The summed E-state index contributed by atoms with van der Waals surface area (Å²) in [5.41, 5.74) is 1.32. The molecule has 9 nitrogen and oxygen atoms in total. The summed E-state index contributed by atoms with van der Waals surface area (Å²) < 4.78 is 36.9. The van der Waals surface area contributed by atoms with Crippen LogP contribution in [-0.4, -0.2) is 98.7 Å². The van der Waals surface area contributed by atoms with Gasteiger partial charge in [-0.1, -0.05) is 11.6 Å². The van der Waals surface area contributed by atoms with E-state index in [2.05, 4.69) is 25.1 Å². The maximum atomic E-state index is 13.6. The van der Waals surface area contributed by atoms with Crippen molar-refractivity contribution in [2.75, 3.05) is 84.2 Å². The molecule has 11 heteroatoms. The largest absolute Gasteiger partial charge is 0.488 e. The van der Waals surface area contributed by atoms with Gasteiger partial charge in [-0.25, -0.2) is 14.4 Å². The molecule has 1 N–H and O–H groups in total. The molecule has 0 saturated carbocycles. The minimum absolute atomic E-state index is 0.0338. The van der Waals surface area contributed by atoms with E-state index in [-0.39, 0.29) is 5.02 Å². The van der Waals surface area contributed by atoms with Gasteiger partial charge in [0.05, 0.1) is 37.0 Å². The summed E-state index contributed by atoms with van der Waals surface area (Å²) >= 11 is 5.96. The zero-order valence-electron chi connectivity index (χ0n) is 20.6. The van der Waals surface area contributed by atoms with Crippen LogP contribution in [0.2, 0.25) is 5.02 Å². The Morgan fingerprint density at radius 3 is 2.11 bits per heavy atom. The third-order valence-electron chi connectivity index (χ3n) is 6.42. The molecule has 0 radical (unpaired) electrons. The number of nitrogens with one attached hydrogen (secondary N) is 1. The molecule has 5 rings (SSSR count). The van der Waals surface area contributed by atoms with Crippen molar-refractivity contribution >= 4 is 34.0 Å². The van der Waals surface area contributed by atoms with Crippen LogP contribution < -0.4 is 14.8 Å². The standard InChI is InChI=1S/C26H31ClFN5O4/c27-21-15-19(1-2-22(21)28)31-26-20-16-24(36-13-7-32-3-9-34-10-4-32)25(17-23(20)29-18-30-26)37-14-8-33-5-11-35-12-6-33/h1-2,15-18H,3-14H2,(H,29,30,31). The number of anilines is 2. The highest BCUT2D eigenvalue weighted by Gasteiger charge is 2.16. The molecule has 37 heavy (non-hydrogen) atoms. The number of nitrogens with zero attached hydrogens (tertiary/aromatic N) is 4. The minimum atomic E-state index is -0.477. The first-order chi connectivity index (χ1) is 18.2. The fraction of sp³-hybridized carbons (Fsp3) is 0.462.